The summed E-state index contributed by atoms with van der Waals surface area (Å²) < 4.78 is 0. The predicted molar refractivity (Wildman–Crippen MR) is 78.5 cm³/mol. The fourth-order valence-electron chi connectivity index (χ4n) is 2.77. The van der Waals surface area contributed by atoms with Crippen molar-refractivity contribution in [2.75, 3.05) is 19.6 Å². The molecule has 2 unspecified atom stereocenters. The molecule has 5 heteroatoms. The van der Waals surface area contributed by atoms with Crippen LogP contribution in [0.4, 0.5) is 0 Å². The SMILES string of the molecule is CCCCCC(C)NC(=O)CN1CCC(CC(=O)O)C1. The molecule has 2 atom stereocenters. The summed E-state index contributed by atoms with van der Waals surface area (Å²) in [6.45, 7) is 6.17. The summed E-state index contributed by atoms with van der Waals surface area (Å²) in [6.07, 6.45) is 5.68. The van der Waals surface area contributed by atoms with E-state index < -0.39 is 5.97 Å². The molecule has 1 saturated heterocycles. The van der Waals surface area contributed by atoms with Crippen LogP contribution in [-0.2, 0) is 9.59 Å². The number of carbonyl (C=O) groups excluding carboxylic acids is 1. The van der Waals surface area contributed by atoms with Gasteiger partial charge in [0.15, 0.2) is 0 Å². The Morgan fingerprint density at radius 3 is 2.80 bits per heavy atom. The molecule has 116 valence electrons. The topological polar surface area (TPSA) is 69.6 Å². The van der Waals surface area contributed by atoms with Gasteiger partial charge in [-0.05, 0) is 32.2 Å². The molecule has 1 amide bonds. The van der Waals surface area contributed by atoms with Gasteiger partial charge in [-0.2, -0.15) is 0 Å². The van der Waals surface area contributed by atoms with Gasteiger partial charge in [-0.3, -0.25) is 14.5 Å². The fraction of sp³-hybridized carbons (Fsp3) is 0.867. The van der Waals surface area contributed by atoms with Gasteiger partial charge in [0.25, 0.3) is 0 Å². The first-order valence-electron chi connectivity index (χ1n) is 7.74. The van der Waals surface area contributed by atoms with Gasteiger partial charge in [-0.25, -0.2) is 0 Å². The molecule has 0 spiro atoms. The summed E-state index contributed by atoms with van der Waals surface area (Å²) in [4.78, 5) is 24.6. The van der Waals surface area contributed by atoms with E-state index in [1.807, 2.05) is 6.92 Å². The zero-order valence-electron chi connectivity index (χ0n) is 12.7. The Labute approximate surface area is 121 Å². The van der Waals surface area contributed by atoms with E-state index in [0.717, 1.165) is 32.4 Å². The van der Waals surface area contributed by atoms with Crippen molar-refractivity contribution < 1.29 is 14.7 Å². The van der Waals surface area contributed by atoms with Crippen molar-refractivity contribution in [1.82, 2.24) is 10.2 Å². The number of carboxylic acids is 1. The number of hydrogen-bond acceptors (Lipinski definition) is 3. The van der Waals surface area contributed by atoms with E-state index in [4.69, 9.17) is 5.11 Å². The molecule has 0 aromatic rings. The van der Waals surface area contributed by atoms with E-state index >= 15 is 0 Å². The van der Waals surface area contributed by atoms with Crippen LogP contribution in [0.1, 0.15) is 52.4 Å². The normalized spacial score (nSPS) is 20.8. The maximum atomic E-state index is 11.9. The van der Waals surface area contributed by atoms with E-state index in [1.165, 1.54) is 12.8 Å². The molecular formula is C15H28N2O3. The Balaban J connectivity index is 2.18. The number of carbonyl (C=O) groups is 2. The van der Waals surface area contributed by atoms with Crippen LogP contribution in [-0.4, -0.2) is 47.6 Å². The first-order valence-corrected chi connectivity index (χ1v) is 7.74. The highest BCUT2D eigenvalue weighted by Gasteiger charge is 2.25. The third kappa shape index (κ3) is 6.89. The van der Waals surface area contributed by atoms with Crippen molar-refractivity contribution in [1.29, 1.82) is 0 Å². The van der Waals surface area contributed by atoms with Crippen molar-refractivity contribution in [2.45, 2.75) is 58.4 Å². The Morgan fingerprint density at radius 2 is 2.15 bits per heavy atom. The molecule has 20 heavy (non-hydrogen) atoms. The average molecular weight is 284 g/mol. The summed E-state index contributed by atoms with van der Waals surface area (Å²) in [7, 11) is 0. The van der Waals surface area contributed by atoms with E-state index in [0.29, 0.717) is 6.54 Å². The van der Waals surface area contributed by atoms with Crippen LogP contribution in [0, 0.1) is 5.92 Å². The van der Waals surface area contributed by atoms with E-state index in [9.17, 15) is 9.59 Å². The van der Waals surface area contributed by atoms with E-state index in [2.05, 4.69) is 17.1 Å². The molecule has 1 fully saturated rings. The second kappa shape index (κ2) is 8.95. The van der Waals surface area contributed by atoms with Gasteiger partial charge in [-0.15, -0.1) is 0 Å². The molecule has 0 bridgehead atoms. The second-order valence-electron chi connectivity index (χ2n) is 5.95. The van der Waals surface area contributed by atoms with Gasteiger partial charge in [-0.1, -0.05) is 26.2 Å². The molecular weight excluding hydrogens is 256 g/mol. The summed E-state index contributed by atoms with van der Waals surface area (Å²) in [5.74, 6) is -0.488. The molecule has 1 rings (SSSR count). The number of nitrogens with zero attached hydrogens (tertiary/aromatic N) is 1. The monoisotopic (exact) mass is 284 g/mol. The van der Waals surface area contributed by atoms with Crippen LogP contribution < -0.4 is 5.32 Å². The standard InChI is InChI=1S/C15H28N2O3/c1-3-4-5-6-12(2)16-14(18)11-17-8-7-13(10-17)9-15(19)20/h12-13H,3-11H2,1-2H3,(H,16,18)(H,19,20). The minimum absolute atomic E-state index is 0.0602. The number of likely N-dealkylation sites (tertiary alicyclic amines) is 1. The number of amides is 1. The van der Waals surface area contributed by atoms with Crippen molar-refractivity contribution in [3.05, 3.63) is 0 Å². The molecule has 0 aromatic heterocycles. The Hall–Kier alpha value is -1.10. The second-order valence-corrected chi connectivity index (χ2v) is 5.95. The van der Waals surface area contributed by atoms with Gasteiger partial charge in [0, 0.05) is 19.0 Å². The molecule has 1 aliphatic rings. The quantitative estimate of drug-likeness (QED) is 0.634. The van der Waals surface area contributed by atoms with Gasteiger partial charge < -0.3 is 10.4 Å². The highest BCUT2D eigenvalue weighted by Crippen LogP contribution is 2.18. The van der Waals surface area contributed by atoms with Crippen LogP contribution in [0.2, 0.25) is 0 Å². The lowest BCUT2D eigenvalue weighted by molar-refractivity contribution is -0.138. The van der Waals surface area contributed by atoms with Crippen LogP contribution in [0.15, 0.2) is 0 Å². The van der Waals surface area contributed by atoms with Crippen molar-refractivity contribution in [3.8, 4) is 0 Å². The molecule has 0 radical (unpaired) electrons. The Bertz CT molecular complexity index is 320. The van der Waals surface area contributed by atoms with Crippen LogP contribution >= 0.6 is 0 Å². The molecule has 5 nitrogen and oxygen atoms in total. The number of nitrogens with one attached hydrogen (secondary N) is 1. The third-order valence-electron chi connectivity index (χ3n) is 3.85. The molecule has 1 aliphatic heterocycles. The molecule has 0 aromatic carbocycles. The zero-order chi connectivity index (χ0) is 15.0. The lowest BCUT2D eigenvalue weighted by atomic mass is 10.1. The van der Waals surface area contributed by atoms with Crippen LogP contribution in [0.3, 0.4) is 0 Å². The maximum absolute atomic E-state index is 11.9. The lowest BCUT2D eigenvalue weighted by Gasteiger charge is -2.18. The minimum atomic E-state index is -0.745. The van der Waals surface area contributed by atoms with E-state index in [-0.39, 0.29) is 24.3 Å². The number of unbranched alkanes of at least 4 members (excludes halogenated alkanes) is 2. The van der Waals surface area contributed by atoms with Gasteiger partial charge in [0.05, 0.1) is 6.54 Å². The maximum Gasteiger partial charge on any atom is 0.303 e. The van der Waals surface area contributed by atoms with Gasteiger partial charge >= 0.3 is 5.97 Å². The average Bonchev–Trinajstić information content (AvgIpc) is 2.75. The number of carboxylic acid groups (broad SMARTS) is 1. The van der Waals surface area contributed by atoms with Crippen LogP contribution in [0.25, 0.3) is 0 Å². The van der Waals surface area contributed by atoms with Crippen molar-refractivity contribution in [3.63, 3.8) is 0 Å². The number of hydrogen-bond donors (Lipinski definition) is 2. The summed E-state index contributed by atoms with van der Waals surface area (Å²) in [5, 5.41) is 11.8. The largest absolute Gasteiger partial charge is 0.481 e. The Kier molecular flexibility index (Phi) is 7.59. The fourth-order valence-corrected chi connectivity index (χ4v) is 2.77. The highest BCUT2D eigenvalue weighted by molar-refractivity contribution is 5.78. The highest BCUT2D eigenvalue weighted by atomic mass is 16.4. The van der Waals surface area contributed by atoms with E-state index in [1.54, 1.807) is 0 Å². The van der Waals surface area contributed by atoms with Gasteiger partial charge in [0.1, 0.15) is 0 Å². The first-order chi connectivity index (χ1) is 9.51. The van der Waals surface area contributed by atoms with Crippen LogP contribution in [0.5, 0.6) is 0 Å². The molecule has 2 N–H and O–H groups in total. The smallest absolute Gasteiger partial charge is 0.303 e. The van der Waals surface area contributed by atoms with Gasteiger partial charge in [0.2, 0.25) is 5.91 Å². The summed E-state index contributed by atoms with van der Waals surface area (Å²) in [6, 6.07) is 0.228. The third-order valence-corrected chi connectivity index (χ3v) is 3.85. The predicted octanol–water partition coefficient (Wildman–Crippen LogP) is 1.87. The molecule has 0 saturated carbocycles. The number of aliphatic carboxylic acids is 1. The lowest BCUT2D eigenvalue weighted by Crippen LogP contribution is -2.40. The Morgan fingerprint density at radius 1 is 1.40 bits per heavy atom. The number of rotatable bonds is 9. The molecule has 0 aliphatic carbocycles. The first kappa shape index (κ1) is 17.0. The molecule has 1 heterocycles. The van der Waals surface area contributed by atoms with Crippen molar-refractivity contribution in [2.24, 2.45) is 5.92 Å². The zero-order valence-corrected chi connectivity index (χ0v) is 12.7. The minimum Gasteiger partial charge on any atom is -0.481 e. The van der Waals surface area contributed by atoms with Crippen molar-refractivity contribution >= 4 is 11.9 Å². The summed E-state index contributed by atoms with van der Waals surface area (Å²) >= 11 is 0. The summed E-state index contributed by atoms with van der Waals surface area (Å²) in [5.41, 5.74) is 0.